The zero-order valence-electron chi connectivity index (χ0n) is 14.7. The largest absolute Gasteiger partial charge is 0.383 e. The molecule has 3 rings (SSSR count). The smallest absolute Gasteiger partial charge is 0.309 e. The summed E-state index contributed by atoms with van der Waals surface area (Å²) in [5, 5.41) is 17.4. The second-order valence-corrected chi connectivity index (χ2v) is 7.93. The summed E-state index contributed by atoms with van der Waals surface area (Å²) >= 11 is 7.27. The molecule has 0 aliphatic rings. The van der Waals surface area contributed by atoms with Gasteiger partial charge in [-0.3, -0.25) is 9.59 Å². The molecule has 1 unspecified atom stereocenters. The van der Waals surface area contributed by atoms with E-state index in [-0.39, 0.29) is 13.1 Å². The fourth-order valence-electron chi connectivity index (χ4n) is 2.53. The van der Waals surface area contributed by atoms with Gasteiger partial charge in [-0.2, -0.15) is 0 Å². The van der Waals surface area contributed by atoms with Crippen LogP contribution in [-0.4, -0.2) is 23.5 Å². The Morgan fingerprint density at radius 3 is 2.44 bits per heavy atom. The number of aliphatic hydroxyl groups is 1. The lowest BCUT2D eigenvalue weighted by Gasteiger charge is -2.22. The van der Waals surface area contributed by atoms with Gasteiger partial charge in [0.1, 0.15) is 5.60 Å². The first-order valence-corrected chi connectivity index (χ1v) is 9.56. The van der Waals surface area contributed by atoms with Gasteiger partial charge in [0.2, 0.25) is 0 Å². The molecule has 140 valence electrons. The molecule has 0 saturated heterocycles. The third-order valence-corrected chi connectivity index (χ3v) is 5.74. The van der Waals surface area contributed by atoms with E-state index in [0.29, 0.717) is 5.02 Å². The van der Waals surface area contributed by atoms with Gasteiger partial charge in [0, 0.05) is 21.1 Å². The van der Waals surface area contributed by atoms with Crippen molar-refractivity contribution < 1.29 is 14.7 Å². The molecule has 2 aromatic carbocycles. The fraction of sp³-hybridized carbons (Fsp3) is 0.200. The van der Waals surface area contributed by atoms with Gasteiger partial charge in [-0.25, -0.2) is 0 Å². The van der Waals surface area contributed by atoms with Crippen LogP contribution in [0.1, 0.15) is 17.4 Å². The van der Waals surface area contributed by atoms with E-state index in [4.69, 9.17) is 11.6 Å². The summed E-state index contributed by atoms with van der Waals surface area (Å²) in [7, 11) is 0. The van der Waals surface area contributed by atoms with Crippen molar-refractivity contribution in [3.05, 3.63) is 70.1 Å². The minimum Gasteiger partial charge on any atom is -0.383 e. The van der Waals surface area contributed by atoms with E-state index in [1.54, 1.807) is 31.2 Å². The highest BCUT2D eigenvalue weighted by molar-refractivity contribution is 7.19. The molecule has 1 heterocycles. The van der Waals surface area contributed by atoms with Crippen LogP contribution in [0.5, 0.6) is 0 Å². The number of benzene rings is 2. The topological polar surface area (TPSA) is 78.4 Å². The molecule has 3 N–H and O–H groups in total. The van der Waals surface area contributed by atoms with Gasteiger partial charge in [-0.05, 0) is 42.1 Å². The summed E-state index contributed by atoms with van der Waals surface area (Å²) in [6.45, 7) is 1.77. The Labute approximate surface area is 166 Å². The van der Waals surface area contributed by atoms with E-state index in [2.05, 4.69) is 10.6 Å². The molecule has 5 nitrogen and oxygen atoms in total. The summed E-state index contributed by atoms with van der Waals surface area (Å²) in [5.74, 6) is -1.54. The van der Waals surface area contributed by atoms with Crippen LogP contribution in [0.3, 0.4) is 0 Å². The first-order valence-electron chi connectivity index (χ1n) is 8.37. The van der Waals surface area contributed by atoms with E-state index >= 15 is 0 Å². The molecule has 3 aromatic rings. The summed E-state index contributed by atoms with van der Waals surface area (Å²) < 4.78 is 1.06. The molecule has 1 atom stereocenters. The molecule has 0 aliphatic carbocycles. The lowest BCUT2D eigenvalue weighted by atomic mass is 10.0. The van der Waals surface area contributed by atoms with Crippen LogP contribution in [0.15, 0.2) is 54.6 Å². The normalized spacial score (nSPS) is 13.1. The van der Waals surface area contributed by atoms with Crippen molar-refractivity contribution in [3.63, 3.8) is 0 Å². The minimum absolute atomic E-state index is 0.0625. The van der Waals surface area contributed by atoms with Crippen LogP contribution in [0.2, 0.25) is 5.02 Å². The third-order valence-electron chi connectivity index (χ3n) is 4.12. The zero-order valence-corrected chi connectivity index (χ0v) is 16.2. The number of carbonyl (C=O) groups excluding carboxylic acids is 2. The number of rotatable bonds is 5. The molecular weight excluding hydrogens is 384 g/mol. The van der Waals surface area contributed by atoms with E-state index in [1.807, 2.05) is 30.3 Å². The maximum atomic E-state index is 12.0. The molecule has 7 heteroatoms. The molecule has 0 radical (unpaired) electrons. The van der Waals surface area contributed by atoms with Crippen molar-refractivity contribution >= 4 is 44.8 Å². The Bertz CT molecular complexity index is 934. The van der Waals surface area contributed by atoms with Crippen molar-refractivity contribution in [1.29, 1.82) is 0 Å². The van der Waals surface area contributed by atoms with Crippen molar-refractivity contribution in [1.82, 2.24) is 10.6 Å². The van der Waals surface area contributed by atoms with Gasteiger partial charge in [-0.15, -0.1) is 11.3 Å². The molecule has 2 amide bonds. The molecule has 0 saturated carbocycles. The monoisotopic (exact) mass is 402 g/mol. The Balaban J connectivity index is 1.55. The summed E-state index contributed by atoms with van der Waals surface area (Å²) in [6, 6.07) is 16.7. The first-order chi connectivity index (χ1) is 12.8. The number of halogens is 1. The molecule has 27 heavy (non-hydrogen) atoms. The van der Waals surface area contributed by atoms with E-state index in [1.165, 1.54) is 11.3 Å². The van der Waals surface area contributed by atoms with E-state index < -0.39 is 17.4 Å². The Morgan fingerprint density at radius 1 is 1.07 bits per heavy atom. The Kier molecular flexibility index (Phi) is 5.79. The standard InChI is InChI=1S/C20H19ClN2O3S/c1-20(26,17-10-14-4-2-3-5-16(14)27-17)12-23-19(25)18(24)22-11-13-6-8-15(21)9-7-13/h2-10,26H,11-12H2,1H3,(H,22,24)(H,23,25). The molecule has 1 aromatic heterocycles. The molecule has 0 spiro atoms. The number of amides is 2. The average Bonchev–Trinajstić information content (AvgIpc) is 3.10. The third kappa shape index (κ3) is 4.86. The molecular formula is C20H19ClN2O3S. The number of nitrogens with one attached hydrogen (secondary N) is 2. The maximum Gasteiger partial charge on any atom is 0.309 e. The highest BCUT2D eigenvalue weighted by atomic mass is 35.5. The number of thiophene rings is 1. The van der Waals surface area contributed by atoms with Gasteiger partial charge in [0.25, 0.3) is 0 Å². The van der Waals surface area contributed by atoms with Gasteiger partial charge < -0.3 is 15.7 Å². The van der Waals surface area contributed by atoms with Gasteiger partial charge in [-0.1, -0.05) is 41.9 Å². The van der Waals surface area contributed by atoms with Crippen molar-refractivity contribution in [2.24, 2.45) is 0 Å². The summed E-state index contributed by atoms with van der Waals surface area (Å²) in [5.41, 5.74) is -0.437. The van der Waals surface area contributed by atoms with Gasteiger partial charge >= 0.3 is 11.8 Å². The van der Waals surface area contributed by atoms with Crippen molar-refractivity contribution in [2.45, 2.75) is 19.1 Å². The predicted octanol–water partition coefficient (Wildman–Crippen LogP) is 3.19. The van der Waals surface area contributed by atoms with Crippen molar-refractivity contribution in [3.8, 4) is 0 Å². The first kappa shape index (κ1) is 19.4. The predicted molar refractivity (Wildman–Crippen MR) is 108 cm³/mol. The van der Waals surface area contributed by atoms with E-state index in [0.717, 1.165) is 20.5 Å². The van der Waals surface area contributed by atoms with Gasteiger partial charge in [0.15, 0.2) is 0 Å². The van der Waals surface area contributed by atoms with Crippen LogP contribution in [0, 0.1) is 0 Å². The molecule has 0 bridgehead atoms. The van der Waals surface area contributed by atoms with Crippen LogP contribution in [-0.2, 0) is 21.7 Å². The number of fused-ring (bicyclic) bond motifs is 1. The van der Waals surface area contributed by atoms with Gasteiger partial charge in [0.05, 0.1) is 6.54 Å². The van der Waals surface area contributed by atoms with Crippen LogP contribution >= 0.6 is 22.9 Å². The number of hydrogen-bond acceptors (Lipinski definition) is 4. The van der Waals surface area contributed by atoms with Crippen LogP contribution < -0.4 is 10.6 Å². The second kappa shape index (κ2) is 8.08. The Hall–Kier alpha value is -2.41. The highest BCUT2D eigenvalue weighted by Gasteiger charge is 2.27. The van der Waals surface area contributed by atoms with Crippen LogP contribution in [0.4, 0.5) is 0 Å². The highest BCUT2D eigenvalue weighted by Crippen LogP contribution is 2.32. The molecule has 0 fully saturated rings. The second-order valence-electron chi connectivity index (χ2n) is 6.41. The maximum absolute atomic E-state index is 12.0. The lowest BCUT2D eigenvalue weighted by molar-refractivity contribution is -0.139. The van der Waals surface area contributed by atoms with E-state index in [9.17, 15) is 14.7 Å². The fourth-order valence-corrected chi connectivity index (χ4v) is 3.76. The SMILES string of the molecule is CC(O)(CNC(=O)C(=O)NCc1ccc(Cl)cc1)c1cc2ccccc2s1. The number of carbonyl (C=O) groups is 2. The van der Waals surface area contributed by atoms with Crippen molar-refractivity contribution in [2.75, 3.05) is 6.54 Å². The lowest BCUT2D eigenvalue weighted by Crippen LogP contribution is -2.45. The quantitative estimate of drug-likeness (QED) is 0.573. The Morgan fingerprint density at radius 2 is 1.74 bits per heavy atom. The number of hydrogen-bond donors (Lipinski definition) is 3. The summed E-state index contributed by atoms with van der Waals surface area (Å²) in [6.07, 6.45) is 0. The van der Waals surface area contributed by atoms with Crippen LogP contribution in [0.25, 0.3) is 10.1 Å². The summed E-state index contributed by atoms with van der Waals surface area (Å²) in [4.78, 5) is 24.7. The zero-order chi connectivity index (χ0) is 19.4. The molecule has 0 aliphatic heterocycles. The average molecular weight is 403 g/mol. The minimum atomic E-state index is -1.27.